The fourth-order valence-electron chi connectivity index (χ4n) is 3.53. The predicted octanol–water partition coefficient (Wildman–Crippen LogP) is 8.51. The molecule has 0 saturated carbocycles. The standard InChI is InChI=1S/C24H24BrCl2NOS/c1-4-15(5-2)24(29)28-13-21-14(3)22(16-6-8-17(25)9-7-16)23(30-21)19-11-10-18(26)12-20(19)27/h6-12,15H,4-5,13H2,1-3H3,(H,28,29). The average molecular weight is 525 g/mol. The molecular weight excluding hydrogens is 501 g/mol. The van der Waals surface area contributed by atoms with E-state index in [-0.39, 0.29) is 11.8 Å². The number of hydrogen-bond donors (Lipinski definition) is 1. The van der Waals surface area contributed by atoms with Crippen molar-refractivity contribution in [2.45, 2.75) is 40.2 Å². The molecule has 0 aliphatic rings. The van der Waals surface area contributed by atoms with Crippen LogP contribution in [-0.2, 0) is 11.3 Å². The highest BCUT2D eigenvalue weighted by Gasteiger charge is 2.21. The largest absolute Gasteiger partial charge is 0.351 e. The van der Waals surface area contributed by atoms with Gasteiger partial charge in [-0.2, -0.15) is 0 Å². The summed E-state index contributed by atoms with van der Waals surface area (Å²) in [6.07, 6.45) is 1.70. The Morgan fingerprint density at radius 3 is 2.37 bits per heavy atom. The maximum absolute atomic E-state index is 12.5. The van der Waals surface area contributed by atoms with Crippen molar-refractivity contribution in [3.8, 4) is 21.6 Å². The molecule has 3 aromatic rings. The lowest BCUT2D eigenvalue weighted by Gasteiger charge is -2.12. The van der Waals surface area contributed by atoms with Crippen LogP contribution in [0.2, 0.25) is 10.0 Å². The summed E-state index contributed by atoms with van der Waals surface area (Å²) in [7, 11) is 0. The van der Waals surface area contributed by atoms with Crippen LogP contribution in [0, 0.1) is 12.8 Å². The van der Waals surface area contributed by atoms with Crippen LogP contribution >= 0.6 is 50.5 Å². The Hall–Kier alpha value is -1.33. The number of rotatable bonds is 7. The molecule has 0 unspecified atom stereocenters. The average Bonchev–Trinajstić information content (AvgIpc) is 3.04. The van der Waals surface area contributed by atoms with Gasteiger partial charge in [0, 0.05) is 36.3 Å². The third kappa shape index (κ3) is 5.11. The molecule has 1 N–H and O–H groups in total. The molecule has 1 amide bonds. The zero-order valence-electron chi connectivity index (χ0n) is 17.2. The second kappa shape index (κ2) is 10.3. The van der Waals surface area contributed by atoms with Crippen LogP contribution in [0.4, 0.5) is 0 Å². The van der Waals surface area contributed by atoms with E-state index in [0.717, 1.165) is 49.3 Å². The first-order valence-corrected chi connectivity index (χ1v) is 12.3. The Balaban J connectivity index is 2.05. The van der Waals surface area contributed by atoms with Crippen molar-refractivity contribution < 1.29 is 4.79 Å². The van der Waals surface area contributed by atoms with Crippen molar-refractivity contribution in [2.75, 3.05) is 0 Å². The molecular formula is C24H24BrCl2NOS. The third-order valence-electron chi connectivity index (χ3n) is 5.33. The molecule has 2 aromatic carbocycles. The number of hydrogen-bond acceptors (Lipinski definition) is 2. The number of halogens is 3. The van der Waals surface area contributed by atoms with Gasteiger partial charge in [-0.25, -0.2) is 0 Å². The molecule has 0 aliphatic heterocycles. The van der Waals surface area contributed by atoms with Crippen molar-refractivity contribution in [1.29, 1.82) is 0 Å². The van der Waals surface area contributed by atoms with Crippen LogP contribution in [0.3, 0.4) is 0 Å². The molecule has 2 nitrogen and oxygen atoms in total. The molecule has 3 rings (SSSR count). The first-order chi connectivity index (χ1) is 14.3. The Morgan fingerprint density at radius 1 is 1.10 bits per heavy atom. The van der Waals surface area contributed by atoms with E-state index in [1.54, 1.807) is 17.4 Å². The van der Waals surface area contributed by atoms with Crippen LogP contribution in [0.15, 0.2) is 46.9 Å². The fourth-order valence-corrected chi connectivity index (χ4v) is 5.66. The van der Waals surface area contributed by atoms with E-state index in [2.05, 4.69) is 54.2 Å². The quantitative estimate of drug-likeness (QED) is 0.329. The number of carbonyl (C=O) groups excluding carboxylic acids is 1. The van der Waals surface area contributed by atoms with Crippen molar-refractivity contribution >= 4 is 56.4 Å². The monoisotopic (exact) mass is 523 g/mol. The highest BCUT2D eigenvalue weighted by molar-refractivity contribution is 9.10. The first-order valence-electron chi connectivity index (χ1n) is 9.97. The second-order valence-corrected chi connectivity index (χ2v) is 10.1. The minimum atomic E-state index is 0.0568. The lowest BCUT2D eigenvalue weighted by Crippen LogP contribution is -2.29. The van der Waals surface area contributed by atoms with Crippen LogP contribution in [0.1, 0.15) is 37.1 Å². The molecule has 0 bridgehead atoms. The summed E-state index contributed by atoms with van der Waals surface area (Å²) in [5.74, 6) is 0.172. The van der Waals surface area contributed by atoms with E-state index in [1.165, 1.54) is 0 Å². The van der Waals surface area contributed by atoms with E-state index in [4.69, 9.17) is 23.2 Å². The van der Waals surface area contributed by atoms with Crippen molar-refractivity contribution in [3.05, 3.63) is 67.4 Å². The minimum Gasteiger partial charge on any atom is -0.351 e. The smallest absolute Gasteiger partial charge is 0.223 e. The van der Waals surface area contributed by atoms with Gasteiger partial charge in [-0.3, -0.25) is 4.79 Å². The van der Waals surface area contributed by atoms with Gasteiger partial charge < -0.3 is 5.32 Å². The summed E-state index contributed by atoms with van der Waals surface area (Å²) < 4.78 is 1.03. The van der Waals surface area contributed by atoms with Crippen LogP contribution in [0.25, 0.3) is 21.6 Å². The fraction of sp³-hybridized carbons (Fsp3) is 0.292. The highest BCUT2D eigenvalue weighted by atomic mass is 79.9. The van der Waals surface area contributed by atoms with Gasteiger partial charge in [-0.05, 0) is 55.2 Å². The maximum atomic E-state index is 12.5. The topological polar surface area (TPSA) is 29.1 Å². The number of nitrogens with one attached hydrogen (secondary N) is 1. The van der Waals surface area contributed by atoms with Crippen molar-refractivity contribution in [1.82, 2.24) is 5.32 Å². The maximum Gasteiger partial charge on any atom is 0.223 e. The molecule has 158 valence electrons. The minimum absolute atomic E-state index is 0.0568. The van der Waals surface area contributed by atoms with Gasteiger partial charge in [-0.15, -0.1) is 11.3 Å². The summed E-state index contributed by atoms with van der Waals surface area (Å²) in [4.78, 5) is 14.7. The summed E-state index contributed by atoms with van der Waals surface area (Å²) >= 11 is 17.9. The van der Waals surface area contributed by atoms with Gasteiger partial charge >= 0.3 is 0 Å². The Labute approximate surface area is 200 Å². The molecule has 0 spiro atoms. The lowest BCUT2D eigenvalue weighted by molar-refractivity contribution is -0.125. The molecule has 1 heterocycles. The number of thiophene rings is 1. The SMILES string of the molecule is CCC(CC)C(=O)NCc1sc(-c2ccc(Cl)cc2Cl)c(-c2ccc(Br)cc2)c1C. The zero-order chi connectivity index (χ0) is 21.8. The van der Waals surface area contributed by atoms with Crippen molar-refractivity contribution in [2.24, 2.45) is 5.92 Å². The van der Waals surface area contributed by atoms with Crippen molar-refractivity contribution in [3.63, 3.8) is 0 Å². The molecule has 0 fully saturated rings. The van der Waals surface area contributed by atoms with Gasteiger partial charge in [0.1, 0.15) is 0 Å². The van der Waals surface area contributed by atoms with Gasteiger partial charge in [0.2, 0.25) is 5.91 Å². The predicted molar refractivity (Wildman–Crippen MR) is 134 cm³/mol. The van der Waals surface area contributed by atoms with Crippen LogP contribution in [-0.4, -0.2) is 5.91 Å². The van der Waals surface area contributed by atoms with Gasteiger partial charge in [0.25, 0.3) is 0 Å². The van der Waals surface area contributed by atoms with Gasteiger partial charge in [0.05, 0.1) is 11.6 Å². The summed E-state index contributed by atoms with van der Waals surface area (Å²) in [5.41, 5.74) is 4.37. The zero-order valence-corrected chi connectivity index (χ0v) is 21.1. The third-order valence-corrected chi connectivity index (χ3v) is 7.74. The summed E-state index contributed by atoms with van der Waals surface area (Å²) in [6, 6.07) is 13.9. The van der Waals surface area contributed by atoms with E-state index in [9.17, 15) is 4.79 Å². The van der Waals surface area contributed by atoms with Gasteiger partial charge in [0.15, 0.2) is 0 Å². The summed E-state index contributed by atoms with van der Waals surface area (Å²) in [6.45, 7) is 6.73. The lowest BCUT2D eigenvalue weighted by atomic mass is 9.98. The molecule has 0 radical (unpaired) electrons. The van der Waals surface area contributed by atoms with E-state index in [0.29, 0.717) is 16.6 Å². The van der Waals surface area contributed by atoms with E-state index in [1.807, 2.05) is 24.3 Å². The number of carbonyl (C=O) groups is 1. The molecule has 0 saturated heterocycles. The van der Waals surface area contributed by atoms with E-state index < -0.39 is 0 Å². The van der Waals surface area contributed by atoms with Crippen LogP contribution < -0.4 is 5.32 Å². The Kier molecular flexibility index (Phi) is 8.03. The molecule has 30 heavy (non-hydrogen) atoms. The number of benzene rings is 2. The highest BCUT2D eigenvalue weighted by Crippen LogP contribution is 2.45. The molecule has 0 aliphatic carbocycles. The molecule has 1 aromatic heterocycles. The van der Waals surface area contributed by atoms with E-state index >= 15 is 0 Å². The second-order valence-electron chi connectivity index (χ2n) is 7.22. The Bertz CT molecular complexity index is 1040. The normalized spacial score (nSPS) is 11.2. The summed E-state index contributed by atoms with van der Waals surface area (Å²) in [5, 5.41) is 4.36. The Morgan fingerprint density at radius 2 is 1.77 bits per heavy atom. The van der Waals surface area contributed by atoms with Gasteiger partial charge in [-0.1, -0.05) is 71.2 Å². The first kappa shape index (κ1) is 23.3. The molecule has 0 atom stereocenters. The van der Waals surface area contributed by atoms with Crippen LogP contribution in [0.5, 0.6) is 0 Å². The number of amides is 1. The molecule has 6 heteroatoms.